The Morgan fingerprint density at radius 1 is 0.362 bits per heavy atom. The highest BCUT2D eigenvalue weighted by Gasteiger charge is 2.22. The molecule has 0 aliphatic rings. The van der Waals surface area contributed by atoms with Crippen molar-refractivity contribution in [2.75, 3.05) is 0 Å². The summed E-state index contributed by atoms with van der Waals surface area (Å²) in [4.78, 5) is 15.7. The van der Waals surface area contributed by atoms with Crippen LogP contribution < -0.4 is 0 Å². The van der Waals surface area contributed by atoms with Gasteiger partial charge in [-0.3, -0.25) is 4.57 Å². The second-order valence-electron chi connectivity index (χ2n) is 14.8. The third-order valence-corrected chi connectivity index (χ3v) is 11.6. The van der Waals surface area contributed by atoms with E-state index in [4.69, 9.17) is 23.8 Å². The van der Waals surface area contributed by atoms with E-state index in [0.29, 0.717) is 17.6 Å². The molecule has 0 aliphatic heterocycles. The summed E-state index contributed by atoms with van der Waals surface area (Å²) in [7, 11) is 0. The molecule has 270 valence electrons. The molecule has 5 aromatic heterocycles. The van der Waals surface area contributed by atoms with E-state index in [1.54, 1.807) is 0 Å². The molecule has 5 heterocycles. The first-order valence-corrected chi connectivity index (χ1v) is 19.4. The largest absolute Gasteiger partial charge is 0.456 e. The molecule has 0 N–H and O–H groups in total. The highest BCUT2D eigenvalue weighted by Crippen LogP contribution is 2.41. The molecular weight excluding hydrogens is 715 g/mol. The lowest BCUT2D eigenvalue weighted by molar-refractivity contribution is 0.668. The summed E-state index contributed by atoms with van der Waals surface area (Å²) in [6, 6.07) is 60.8. The van der Waals surface area contributed by atoms with Gasteiger partial charge in [-0.05, 0) is 60.7 Å². The van der Waals surface area contributed by atoms with Gasteiger partial charge in [0, 0.05) is 43.3 Å². The number of furan rings is 2. The van der Waals surface area contributed by atoms with Crippen molar-refractivity contribution in [2.45, 2.75) is 0 Å². The SMILES string of the molecule is c1ccc2c(c1)oc1c(-c3nc(-c4ccc5c(c4)oc4cccc(-n6c7ccccc7c7ccccc76)c45)nc(-n4c5ccccc5c5ccccc54)n3)cccc12. The molecule has 0 fully saturated rings. The van der Waals surface area contributed by atoms with E-state index in [1.807, 2.05) is 36.4 Å². The minimum atomic E-state index is 0.517. The van der Waals surface area contributed by atoms with Crippen LogP contribution in [0.25, 0.3) is 122 Å². The number of fused-ring (bicyclic) bond motifs is 12. The summed E-state index contributed by atoms with van der Waals surface area (Å²) in [5, 5.41) is 8.81. The molecule has 0 saturated carbocycles. The lowest BCUT2D eigenvalue weighted by Crippen LogP contribution is -2.06. The number of benzene rings is 8. The van der Waals surface area contributed by atoms with E-state index in [0.717, 1.165) is 93.5 Å². The first-order valence-electron chi connectivity index (χ1n) is 19.4. The molecule has 0 aliphatic carbocycles. The monoisotopic (exact) mass is 743 g/mol. The van der Waals surface area contributed by atoms with Crippen molar-refractivity contribution in [2.24, 2.45) is 0 Å². The Balaban J connectivity index is 1.06. The summed E-state index contributed by atoms with van der Waals surface area (Å²) in [5.41, 5.74) is 10.1. The average Bonchev–Trinajstić information content (AvgIpc) is 4.04. The Morgan fingerprint density at radius 2 is 0.914 bits per heavy atom. The summed E-state index contributed by atoms with van der Waals surface area (Å²) < 4.78 is 17.7. The number of para-hydroxylation sites is 6. The quantitative estimate of drug-likeness (QED) is 0.179. The molecule has 58 heavy (non-hydrogen) atoms. The lowest BCUT2D eigenvalue weighted by Gasteiger charge is -2.11. The fourth-order valence-corrected chi connectivity index (χ4v) is 9.09. The van der Waals surface area contributed by atoms with E-state index in [-0.39, 0.29) is 0 Å². The van der Waals surface area contributed by atoms with Gasteiger partial charge in [-0.1, -0.05) is 115 Å². The van der Waals surface area contributed by atoms with E-state index in [1.165, 1.54) is 10.8 Å². The standard InChI is InChI=1S/C51H29N5O2/c1-6-20-39-31(13-1)32-14-2-7-21-40(32)55(39)43-24-12-26-45-47(43)37-28-27-30(29-46(37)57-45)49-52-50(38-19-11-18-36-35-17-5-10-25-44(35)58-48(36)38)54-51(53-49)56-41-22-8-3-15-33(41)34-16-4-9-23-42(34)56/h1-29H. The van der Waals surface area contributed by atoms with Crippen LogP contribution in [-0.2, 0) is 0 Å². The predicted octanol–water partition coefficient (Wildman–Crippen LogP) is 13.2. The van der Waals surface area contributed by atoms with Crippen LogP contribution in [-0.4, -0.2) is 24.1 Å². The predicted molar refractivity (Wildman–Crippen MR) is 234 cm³/mol. The van der Waals surface area contributed by atoms with Gasteiger partial charge in [0.25, 0.3) is 0 Å². The molecule has 7 nitrogen and oxygen atoms in total. The normalized spacial score (nSPS) is 12.1. The molecule has 0 atom stereocenters. The van der Waals surface area contributed by atoms with Gasteiger partial charge in [0.15, 0.2) is 11.6 Å². The molecule has 7 heteroatoms. The third-order valence-electron chi connectivity index (χ3n) is 11.6. The van der Waals surface area contributed by atoms with Crippen molar-refractivity contribution in [3.8, 4) is 34.4 Å². The Labute approximate surface area is 329 Å². The highest BCUT2D eigenvalue weighted by atomic mass is 16.3. The molecule has 13 aromatic rings. The summed E-state index contributed by atoms with van der Waals surface area (Å²) >= 11 is 0. The first-order chi connectivity index (χ1) is 28.8. The maximum absolute atomic E-state index is 6.70. The van der Waals surface area contributed by atoms with Gasteiger partial charge in [0.2, 0.25) is 5.95 Å². The topological polar surface area (TPSA) is 74.8 Å². The van der Waals surface area contributed by atoms with Crippen molar-refractivity contribution < 1.29 is 8.83 Å². The first kappa shape index (κ1) is 31.2. The smallest absolute Gasteiger partial charge is 0.238 e. The van der Waals surface area contributed by atoms with Gasteiger partial charge in [-0.25, -0.2) is 4.98 Å². The summed E-state index contributed by atoms with van der Waals surface area (Å²) in [6.45, 7) is 0. The van der Waals surface area contributed by atoms with Gasteiger partial charge < -0.3 is 13.4 Å². The minimum absolute atomic E-state index is 0.517. The zero-order valence-electron chi connectivity index (χ0n) is 30.8. The van der Waals surface area contributed by atoms with Crippen LogP contribution in [0, 0.1) is 0 Å². The number of rotatable bonds is 4. The Morgan fingerprint density at radius 3 is 1.60 bits per heavy atom. The number of hydrogen-bond acceptors (Lipinski definition) is 5. The fraction of sp³-hybridized carbons (Fsp3) is 0. The van der Waals surface area contributed by atoms with Crippen LogP contribution >= 0.6 is 0 Å². The Kier molecular flexibility index (Phi) is 6.32. The number of aromatic nitrogens is 5. The van der Waals surface area contributed by atoms with Gasteiger partial charge in [-0.15, -0.1) is 0 Å². The molecule has 0 spiro atoms. The van der Waals surface area contributed by atoms with Crippen LogP contribution in [0.1, 0.15) is 0 Å². The maximum atomic E-state index is 6.70. The van der Waals surface area contributed by atoms with Crippen LogP contribution in [0.5, 0.6) is 0 Å². The van der Waals surface area contributed by atoms with E-state index >= 15 is 0 Å². The molecule has 0 unspecified atom stereocenters. The molecule has 8 aromatic carbocycles. The molecule has 0 amide bonds. The van der Waals surface area contributed by atoms with Crippen molar-refractivity contribution >= 4 is 87.5 Å². The van der Waals surface area contributed by atoms with Gasteiger partial charge in [-0.2, -0.15) is 9.97 Å². The number of hydrogen-bond donors (Lipinski definition) is 0. The second-order valence-corrected chi connectivity index (χ2v) is 14.8. The maximum Gasteiger partial charge on any atom is 0.238 e. The highest BCUT2D eigenvalue weighted by molar-refractivity contribution is 6.15. The van der Waals surface area contributed by atoms with Crippen LogP contribution in [0.4, 0.5) is 0 Å². The summed E-state index contributed by atoms with van der Waals surface area (Å²) in [6.07, 6.45) is 0. The van der Waals surface area contributed by atoms with Crippen LogP contribution in [0.15, 0.2) is 185 Å². The summed E-state index contributed by atoms with van der Waals surface area (Å²) in [5.74, 6) is 1.56. The Hall–Kier alpha value is -8.03. The van der Waals surface area contributed by atoms with Gasteiger partial charge in [0.05, 0.1) is 38.7 Å². The fourth-order valence-electron chi connectivity index (χ4n) is 9.09. The van der Waals surface area contributed by atoms with Crippen molar-refractivity contribution in [1.82, 2.24) is 24.1 Å². The zero-order chi connectivity index (χ0) is 37.9. The second kappa shape index (κ2) is 11.7. The molecular formula is C51H29N5O2. The lowest BCUT2D eigenvalue weighted by atomic mass is 10.1. The zero-order valence-corrected chi connectivity index (χ0v) is 30.8. The average molecular weight is 744 g/mol. The van der Waals surface area contributed by atoms with Gasteiger partial charge in [0.1, 0.15) is 22.3 Å². The third kappa shape index (κ3) is 4.35. The van der Waals surface area contributed by atoms with Crippen molar-refractivity contribution in [1.29, 1.82) is 0 Å². The van der Waals surface area contributed by atoms with Crippen LogP contribution in [0.2, 0.25) is 0 Å². The van der Waals surface area contributed by atoms with Gasteiger partial charge >= 0.3 is 0 Å². The van der Waals surface area contributed by atoms with Crippen molar-refractivity contribution in [3.05, 3.63) is 176 Å². The van der Waals surface area contributed by atoms with E-state index in [9.17, 15) is 0 Å². The molecule has 0 bridgehead atoms. The van der Waals surface area contributed by atoms with E-state index in [2.05, 4.69) is 149 Å². The Bertz CT molecular complexity index is 3720. The van der Waals surface area contributed by atoms with E-state index < -0.39 is 0 Å². The van der Waals surface area contributed by atoms with Crippen molar-refractivity contribution in [3.63, 3.8) is 0 Å². The minimum Gasteiger partial charge on any atom is -0.456 e. The molecule has 0 saturated heterocycles. The molecule has 0 radical (unpaired) electrons. The number of nitrogens with zero attached hydrogens (tertiary/aromatic N) is 5. The molecule has 13 rings (SSSR count). The van der Waals surface area contributed by atoms with Crippen LogP contribution in [0.3, 0.4) is 0 Å².